The molecule has 0 radical (unpaired) electrons. The summed E-state index contributed by atoms with van der Waals surface area (Å²) >= 11 is 1.18. The molecule has 120 valence electrons. The van der Waals surface area contributed by atoms with Crippen molar-refractivity contribution in [2.24, 2.45) is 0 Å². The number of hydrogen-bond donors (Lipinski definition) is 1. The predicted molar refractivity (Wildman–Crippen MR) is 80.9 cm³/mol. The quantitative estimate of drug-likeness (QED) is 0.587. The van der Waals surface area contributed by atoms with Gasteiger partial charge in [0, 0.05) is 0 Å². The Morgan fingerprint density at radius 2 is 2.04 bits per heavy atom. The van der Waals surface area contributed by atoms with Crippen LogP contribution in [0.3, 0.4) is 0 Å². The largest absolute Gasteiger partial charge is 0.418 e. The van der Waals surface area contributed by atoms with Gasteiger partial charge in [0.15, 0.2) is 16.3 Å². The van der Waals surface area contributed by atoms with Crippen LogP contribution in [0.15, 0.2) is 40.5 Å². The second kappa shape index (κ2) is 5.73. The van der Waals surface area contributed by atoms with Gasteiger partial charge in [0.2, 0.25) is 0 Å². The van der Waals surface area contributed by atoms with Crippen LogP contribution in [0.2, 0.25) is 0 Å². The number of thioether (sulfide) groups is 1. The van der Waals surface area contributed by atoms with E-state index in [9.17, 15) is 18.0 Å². The van der Waals surface area contributed by atoms with Gasteiger partial charge in [-0.15, -0.1) is 0 Å². The molecule has 0 atom stereocenters. The molecule has 1 N–H and O–H groups in total. The number of alkyl halides is 3. The lowest BCUT2D eigenvalue weighted by Gasteiger charge is -2.16. The Kier molecular flexibility index (Phi) is 3.88. The van der Waals surface area contributed by atoms with Crippen LogP contribution in [0.1, 0.15) is 12.5 Å². The number of benzene rings is 1. The zero-order valence-corrected chi connectivity index (χ0v) is 12.7. The summed E-state index contributed by atoms with van der Waals surface area (Å²) in [5.74, 6) is 0.552. The molecule has 1 aromatic carbocycles. The topological polar surface area (TPSA) is 63.6 Å². The third-order valence-corrected chi connectivity index (χ3v) is 3.97. The van der Waals surface area contributed by atoms with E-state index in [-0.39, 0.29) is 22.0 Å². The van der Waals surface area contributed by atoms with Crippen LogP contribution in [0.5, 0.6) is 0 Å². The second-order valence-corrected chi connectivity index (χ2v) is 5.82. The average molecular weight is 340 g/mol. The number of halogens is 3. The van der Waals surface area contributed by atoms with E-state index in [1.54, 1.807) is 0 Å². The van der Waals surface area contributed by atoms with Gasteiger partial charge in [-0.1, -0.05) is 30.8 Å². The lowest BCUT2D eigenvalue weighted by atomic mass is 10.1. The van der Waals surface area contributed by atoms with E-state index in [2.05, 4.69) is 15.0 Å². The summed E-state index contributed by atoms with van der Waals surface area (Å²) in [6, 6.07) is 4.94. The van der Waals surface area contributed by atoms with Crippen molar-refractivity contribution >= 4 is 22.9 Å². The van der Waals surface area contributed by atoms with Gasteiger partial charge in [0.1, 0.15) is 0 Å². The summed E-state index contributed by atoms with van der Waals surface area (Å²) in [6.07, 6.45) is -3.29. The number of H-pyrrole nitrogens is 1. The van der Waals surface area contributed by atoms with Gasteiger partial charge >= 0.3 is 6.18 Å². The molecule has 2 heterocycles. The van der Waals surface area contributed by atoms with Gasteiger partial charge in [-0.2, -0.15) is 13.2 Å². The van der Waals surface area contributed by atoms with Crippen molar-refractivity contribution in [1.82, 2.24) is 19.5 Å². The van der Waals surface area contributed by atoms with Crippen molar-refractivity contribution in [3.63, 3.8) is 0 Å². The molecule has 0 aliphatic heterocycles. The molecule has 3 aromatic rings. The number of nitrogens with one attached hydrogen (secondary N) is 1. The van der Waals surface area contributed by atoms with Gasteiger partial charge in [-0.25, -0.2) is 9.97 Å². The van der Waals surface area contributed by atoms with E-state index in [0.717, 1.165) is 10.6 Å². The summed E-state index contributed by atoms with van der Waals surface area (Å²) in [7, 11) is 0. The Hall–Kier alpha value is -2.29. The molecule has 3 rings (SSSR count). The fourth-order valence-corrected chi connectivity index (χ4v) is 2.93. The molecule has 23 heavy (non-hydrogen) atoms. The van der Waals surface area contributed by atoms with E-state index < -0.39 is 17.3 Å². The van der Waals surface area contributed by atoms with Crippen molar-refractivity contribution < 1.29 is 13.2 Å². The Morgan fingerprint density at radius 3 is 2.74 bits per heavy atom. The highest BCUT2D eigenvalue weighted by atomic mass is 32.2. The molecule has 9 heteroatoms. The first-order valence-corrected chi connectivity index (χ1v) is 7.67. The molecule has 0 saturated heterocycles. The number of fused-ring (bicyclic) bond motifs is 1. The average Bonchev–Trinajstić information content (AvgIpc) is 2.96. The summed E-state index contributed by atoms with van der Waals surface area (Å²) < 4.78 is 40.8. The fraction of sp³-hybridized carbons (Fsp3) is 0.214. The minimum Gasteiger partial charge on any atom is -0.339 e. The molecule has 0 bridgehead atoms. The van der Waals surface area contributed by atoms with Crippen LogP contribution in [0.4, 0.5) is 13.2 Å². The van der Waals surface area contributed by atoms with Crippen molar-refractivity contribution in [1.29, 1.82) is 0 Å². The third kappa shape index (κ3) is 2.72. The molecule has 0 aliphatic carbocycles. The molecular formula is C14H11F3N4OS. The summed E-state index contributed by atoms with van der Waals surface area (Å²) in [5.41, 5.74) is -1.49. The maximum atomic E-state index is 13.3. The normalized spacial score (nSPS) is 12.0. The van der Waals surface area contributed by atoms with Crippen LogP contribution in [0, 0.1) is 0 Å². The molecule has 0 aliphatic rings. The minimum absolute atomic E-state index is 0.0717. The zero-order chi connectivity index (χ0) is 16.6. The van der Waals surface area contributed by atoms with Gasteiger partial charge in [-0.3, -0.25) is 9.36 Å². The fourth-order valence-electron chi connectivity index (χ4n) is 2.22. The summed E-state index contributed by atoms with van der Waals surface area (Å²) in [4.78, 5) is 23.4. The highest BCUT2D eigenvalue weighted by molar-refractivity contribution is 7.99. The molecule has 2 aromatic heterocycles. The number of nitrogens with zero attached hydrogens (tertiary/aromatic N) is 3. The predicted octanol–water partition coefficient (Wildman–Crippen LogP) is 3.24. The van der Waals surface area contributed by atoms with E-state index in [1.807, 2.05) is 6.92 Å². The van der Waals surface area contributed by atoms with Gasteiger partial charge in [0.05, 0.1) is 17.6 Å². The molecule has 0 unspecified atom stereocenters. The van der Waals surface area contributed by atoms with Gasteiger partial charge < -0.3 is 4.98 Å². The van der Waals surface area contributed by atoms with Crippen molar-refractivity contribution in [2.75, 3.05) is 5.75 Å². The standard InChI is InChI=1S/C14H11F3N4OS/c1-2-23-13-20-11-10(18-7-19-11)12(22)21(13)9-6-4-3-5-8(9)14(15,16)17/h3-7H,2H2,1H3,(H,18,19). The SMILES string of the molecule is CCSc1nc2nc[nH]c2c(=O)n1-c1ccccc1C(F)(F)F. The Morgan fingerprint density at radius 1 is 1.30 bits per heavy atom. The molecule has 0 saturated carbocycles. The van der Waals surface area contributed by atoms with Crippen LogP contribution in [-0.4, -0.2) is 25.3 Å². The number of para-hydroxylation sites is 1. The smallest absolute Gasteiger partial charge is 0.339 e. The van der Waals surface area contributed by atoms with E-state index in [0.29, 0.717) is 5.75 Å². The number of imidazole rings is 1. The number of hydrogen-bond acceptors (Lipinski definition) is 4. The molecule has 0 amide bonds. The third-order valence-electron chi connectivity index (χ3n) is 3.15. The maximum absolute atomic E-state index is 13.3. The van der Waals surface area contributed by atoms with Gasteiger partial charge in [0.25, 0.3) is 5.56 Å². The molecule has 0 fully saturated rings. The van der Waals surface area contributed by atoms with E-state index in [1.165, 1.54) is 36.3 Å². The van der Waals surface area contributed by atoms with Crippen LogP contribution in [-0.2, 0) is 6.18 Å². The van der Waals surface area contributed by atoms with Gasteiger partial charge in [-0.05, 0) is 17.9 Å². The van der Waals surface area contributed by atoms with E-state index in [4.69, 9.17) is 0 Å². The molecular weight excluding hydrogens is 329 g/mol. The first-order chi connectivity index (χ1) is 10.9. The van der Waals surface area contributed by atoms with Crippen molar-refractivity contribution in [3.8, 4) is 5.69 Å². The Labute approximate surface area is 132 Å². The summed E-state index contributed by atoms with van der Waals surface area (Å²) in [5, 5.41) is 0.175. The Balaban J connectivity index is 2.38. The zero-order valence-electron chi connectivity index (χ0n) is 11.9. The van der Waals surface area contributed by atoms with Crippen LogP contribution >= 0.6 is 11.8 Å². The second-order valence-electron chi connectivity index (χ2n) is 4.58. The number of rotatable bonds is 3. The Bertz CT molecular complexity index is 916. The van der Waals surface area contributed by atoms with Crippen molar-refractivity contribution in [2.45, 2.75) is 18.3 Å². The van der Waals surface area contributed by atoms with Crippen LogP contribution < -0.4 is 5.56 Å². The highest BCUT2D eigenvalue weighted by Gasteiger charge is 2.34. The minimum atomic E-state index is -4.58. The lowest BCUT2D eigenvalue weighted by Crippen LogP contribution is -2.24. The van der Waals surface area contributed by atoms with Crippen LogP contribution in [0.25, 0.3) is 16.9 Å². The monoisotopic (exact) mass is 340 g/mol. The first kappa shape index (κ1) is 15.6. The van der Waals surface area contributed by atoms with Crippen molar-refractivity contribution in [3.05, 3.63) is 46.5 Å². The first-order valence-electron chi connectivity index (χ1n) is 6.69. The highest BCUT2D eigenvalue weighted by Crippen LogP contribution is 2.34. The number of aromatic nitrogens is 4. The lowest BCUT2D eigenvalue weighted by molar-refractivity contribution is -0.137. The van der Waals surface area contributed by atoms with E-state index >= 15 is 0 Å². The molecule has 0 spiro atoms. The maximum Gasteiger partial charge on any atom is 0.418 e. The molecule has 5 nitrogen and oxygen atoms in total. The number of aromatic amines is 1. The summed E-state index contributed by atoms with van der Waals surface area (Å²) in [6.45, 7) is 1.82.